The number of nitrogens with zero attached hydrogens (tertiary/aromatic N) is 2. The van der Waals surface area contributed by atoms with Gasteiger partial charge >= 0.3 is 6.09 Å². The third kappa shape index (κ3) is 7.52. The van der Waals surface area contributed by atoms with Crippen LogP contribution in [0.5, 0.6) is 0 Å². The summed E-state index contributed by atoms with van der Waals surface area (Å²) < 4.78 is 5.48. The standard InChI is InChI=1S/C16H32N4O2/c1-6-7-10-18-14(17-5)19-11-12-20(13-8-9-13)15(21)22-16(2,3)4/h13H,6-12H2,1-5H3,(H2,17,18,19). The average molecular weight is 312 g/mol. The number of carbonyl (C=O) groups excluding carboxylic acids is 1. The zero-order valence-electron chi connectivity index (χ0n) is 14.7. The molecule has 0 heterocycles. The molecular weight excluding hydrogens is 280 g/mol. The van der Waals surface area contributed by atoms with Crippen LogP contribution < -0.4 is 10.6 Å². The fraction of sp³-hybridized carbons (Fsp3) is 0.875. The number of nitrogens with one attached hydrogen (secondary N) is 2. The molecule has 2 N–H and O–H groups in total. The van der Waals surface area contributed by atoms with Crippen LogP contribution in [0.2, 0.25) is 0 Å². The number of amides is 1. The van der Waals surface area contributed by atoms with Crippen molar-refractivity contribution in [3.63, 3.8) is 0 Å². The lowest BCUT2D eigenvalue weighted by Crippen LogP contribution is -2.45. The summed E-state index contributed by atoms with van der Waals surface area (Å²) in [7, 11) is 1.76. The van der Waals surface area contributed by atoms with Gasteiger partial charge in [0.1, 0.15) is 5.60 Å². The molecule has 1 rings (SSSR count). The van der Waals surface area contributed by atoms with Gasteiger partial charge in [0.05, 0.1) is 0 Å². The Labute approximate surface area is 134 Å². The van der Waals surface area contributed by atoms with Crippen LogP contribution in [0.1, 0.15) is 53.4 Å². The van der Waals surface area contributed by atoms with E-state index in [4.69, 9.17) is 4.74 Å². The van der Waals surface area contributed by atoms with Gasteiger partial charge in [0.15, 0.2) is 5.96 Å². The minimum atomic E-state index is -0.449. The minimum Gasteiger partial charge on any atom is -0.444 e. The smallest absolute Gasteiger partial charge is 0.410 e. The van der Waals surface area contributed by atoms with E-state index in [1.807, 2.05) is 25.7 Å². The summed E-state index contributed by atoms with van der Waals surface area (Å²) in [5, 5.41) is 6.51. The highest BCUT2D eigenvalue weighted by Gasteiger charge is 2.34. The third-order valence-electron chi connectivity index (χ3n) is 3.31. The highest BCUT2D eigenvalue weighted by atomic mass is 16.6. The number of carbonyl (C=O) groups is 1. The molecule has 0 bridgehead atoms. The number of rotatable bonds is 7. The molecule has 6 heteroatoms. The maximum absolute atomic E-state index is 12.2. The molecule has 0 aromatic rings. The van der Waals surface area contributed by atoms with Crippen LogP contribution >= 0.6 is 0 Å². The predicted octanol–water partition coefficient (Wildman–Crippen LogP) is 2.35. The lowest BCUT2D eigenvalue weighted by molar-refractivity contribution is 0.0238. The second kappa shape index (κ2) is 8.86. The summed E-state index contributed by atoms with van der Waals surface area (Å²) in [5.74, 6) is 0.786. The Morgan fingerprint density at radius 3 is 2.41 bits per heavy atom. The zero-order valence-corrected chi connectivity index (χ0v) is 14.7. The van der Waals surface area contributed by atoms with E-state index in [2.05, 4.69) is 22.5 Å². The van der Waals surface area contributed by atoms with Crippen molar-refractivity contribution in [3.8, 4) is 0 Å². The summed E-state index contributed by atoms with van der Waals surface area (Å²) in [6.07, 6.45) is 4.20. The molecule has 1 saturated carbocycles. The van der Waals surface area contributed by atoms with E-state index in [1.54, 1.807) is 7.05 Å². The highest BCUT2D eigenvalue weighted by molar-refractivity contribution is 5.79. The Morgan fingerprint density at radius 1 is 1.27 bits per heavy atom. The van der Waals surface area contributed by atoms with Crippen LogP contribution in [0.25, 0.3) is 0 Å². The maximum atomic E-state index is 12.2. The molecule has 128 valence electrons. The van der Waals surface area contributed by atoms with Gasteiger partial charge in [0, 0.05) is 32.7 Å². The molecule has 0 spiro atoms. The summed E-state index contributed by atoms with van der Waals surface area (Å²) in [6.45, 7) is 10.1. The fourth-order valence-electron chi connectivity index (χ4n) is 2.03. The second-order valence-electron chi connectivity index (χ2n) is 6.68. The molecule has 6 nitrogen and oxygen atoms in total. The summed E-state index contributed by atoms with van der Waals surface area (Å²) >= 11 is 0. The van der Waals surface area contributed by atoms with E-state index < -0.39 is 5.60 Å². The quantitative estimate of drug-likeness (QED) is 0.430. The lowest BCUT2D eigenvalue weighted by atomic mass is 10.2. The van der Waals surface area contributed by atoms with E-state index in [9.17, 15) is 4.79 Å². The van der Waals surface area contributed by atoms with E-state index in [0.29, 0.717) is 19.1 Å². The Bertz CT molecular complexity index is 373. The number of aliphatic imine (C=N–C) groups is 1. The number of unbranched alkanes of at least 4 members (excludes halogenated alkanes) is 1. The van der Waals surface area contributed by atoms with Gasteiger partial charge in [-0.15, -0.1) is 0 Å². The van der Waals surface area contributed by atoms with Crippen LogP contribution in [0, 0.1) is 0 Å². The monoisotopic (exact) mass is 312 g/mol. The van der Waals surface area contributed by atoms with Crippen molar-refractivity contribution in [3.05, 3.63) is 0 Å². The molecule has 0 saturated heterocycles. The van der Waals surface area contributed by atoms with Crippen molar-refractivity contribution >= 4 is 12.1 Å². The number of guanidine groups is 1. The van der Waals surface area contributed by atoms with Crippen molar-refractivity contribution < 1.29 is 9.53 Å². The van der Waals surface area contributed by atoms with E-state index in [1.165, 1.54) is 0 Å². The first-order valence-corrected chi connectivity index (χ1v) is 8.31. The molecule has 1 fully saturated rings. The molecular formula is C16H32N4O2. The predicted molar refractivity (Wildman–Crippen MR) is 90.2 cm³/mol. The Morgan fingerprint density at radius 2 is 1.91 bits per heavy atom. The van der Waals surface area contributed by atoms with Gasteiger partial charge in [-0.3, -0.25) is 4.99 Å². The van der Waals surface area contributed by atoms with Crippen LogP contribution in [0.4, 0.5) is 4.79 Å². The first-order valence-electron chi connectivity index (χ1n) is 8.31. The minimum absolute atomic E-state index is 0.217. The molecule has 0 aliphatic heterocycles. The first kappa shape index (κ1) is 18.6. The summed E-state index contributed by atoms with van der Waals surface area (Å²) in [5.41, 5.74) is -0.449. The van der Waals surface area contributed by atoms with E-state index in [0.717, 1.165) is 38.2 Å². The van der Waals surface area contributed by atoms with Crippen molar-refractivity contribution in [2.24, 2.45) is 4.99 Å². The maximum Gasteiger partial charge on any atom is 0.410 e. The van der Waals surface area contributed by atoms with Crippen LogP contribution in [0.3, 0.4) is 0 Å². The van der Waals surface area contributed by atoms with Crippen LogP contribution in [-0.4, -0.2) is 55.3 Å². The second-order valence-corrected chi connectivity index (χ2v) is 6.68. The molecule has 0 radical (unpaired) electrons. The number of ether oxygens (including phenoxy) is 1. The largest absolute Gasteiger partial charge is 0.444 e. The van der Waals surface area contributed by atoms with E-state index in [-0.39, 0.29) is 6.09 Å². The lowest BCUT2D eigenvalue weighted by Gasteiger charge is -2.27. The molecule has 0 unspecified atom stereocenters. The normalized spacial score (nSPS) is 15.4. The summed E-state index contributed by atoms with van der Waals surface area (Å²) in [6, 6.07) is 0.340. The van der Waals surface area contributed by atoms with Crippen LogP contribution in [0.15, 0.2) is 4.99 Å². The van der Waals surface area contributed by atoms with Gasteiger partial charge in [-0.05, 0) is 40.0 Å². The molecule has 1 aliphatic carbocycles. The molecule has 1 aliphatic rings. The van der Waals surface area contributed by atoms with Gasteiger partial charge in [-0.25, -0.2) is 4.79 Å². The van der Waals surface area contributed by atoms with Gasteiger partial charge in [0.2, 0.25) is 0 Å². The zero-order chi connectivity index (χ0) is 16.6. The van der Waals surface area contributed by atoms with E-state index >= 15 is 0 Å². The van der Waals surface area contributed by atoms with Gasteiger partial charge in [-0.1, -0.05) is 13.3 Å². The fourth-order valence-corrected chi connectivity index (χ4v) is 2.03. The highest BCUT2D eigenvalue weighted by Crippen LogP contribution is 2.27. The van der Waals surface area contributed by atoms with Crippen molar-refractivity contribution in [2.45, 2.75) is 65.0 Å². The molecule has 0 aromatic heterocycles. The summed E-state index contributed by atoms with van der Waals surface area (Å²) in [4.78, 5) is 18.2. The molecule has 1 amide bonds. The van der Waals surface area contributed by atoms with Gasteiger partial charge < -0.3 is 20.3 Å². The van der Waals surface area contributed by atoms with Crippen molar-refractivity contribution in [1.82, 2.24) is 15.5 Å². The van der Waals surface area contributed by atoms with Gasteiger partial charge in [-0.2, -0.15) is 0 Å². The van der Waals surface area contributed by atoms with Gasteiger partial charge in [0.25, 0.3) is 0 Å². The number of hydrogen-bond acceptors (Lipinski definition) is 3. The average Bonchev–Trinajstić information content (AvgIpc) is 3.24. The Kier molecular flexibility index (Phi) is 7.48. The molecule has 0 aromatic carbocycles. The third-order valence-corrected chi connectivity index (χ3v) is 3.31. The van der Waals surface area contributed by atoms with Crippen molar-refractivity contribution in [2.75, 3.05) is 26.7 Å². The Balaban J connectivity index is 2.37. The Hall–Kier alpha value is -1.46. The topological polar surface area (TPSA) is 66.0 Å². The van der Waals surface area contributed by atoms with Crippen LogP contribution in [-0.2, 0) is 4.74 Å². The molecule has 22 heavy (non-hydrogen) atoms. The van der Waals surface area contributed by atoms with Crippen molar-refractivity contribution in [1.29, 1.82) is 0 Å². The first-order chi connectivity index (χ1) is 10.4. The SMILES string of the molecule is CCCCNC(=NC)NCCN(C(=O)OC(C)(C)C)C1CC1. The molecule has 0 atom stereocenters. The number of hydrogen-bond donors (Lipinski definition) is 2.